The molecule has 4 aromatic heterocycles. The summed E-state index contributed by atoms with van der Waals surface area (Å²) in [6.45, 7) is 6.45. The maximum absolute atomic E-state index is 12.8. The molecule has 0 spiro atoms. The highest BCUT2D eigenvalue weighted by Gasteiger charge is 2.33. The predicted octanol–water partition coefficient (Wildman–Crippen LogP) is 4.48. The van der Waals surface area contributed by atoms with Gasteiger partial charge in [0.05, 0.1) is 48.9 Å². The molecule has 0 saturated carbocycles. The van der Waals surface area contributed by atoms with Crippen LogP contribution in [0.1, 0.15) is 55.4 Å². The van der Waals surface area contributed by atoms with Crippen LogP contribution >= 0.6 is 0 Å². The van der Waals surface area contributed by atoms with Gasteiger partial charge in [0.2, 0.25) is 0 Å². The molecular formula is C38H37F3N12O4. The van der Waals surface area contributed by atoms with Crippen molar-refractivity contribution in [3.05, 3.63) is 132 Å². The number of rotatable bonds is 8. The van der Waals surface area contributed by atoms with Gasteiger partial charge in [-0.15, -0.1) is 0 Å². The van der Waals surface area contributed by atoms with Gasteiger partial charge in [0.15, 0.2) is 5.82 Å². The number of nitrogens with one attached hydrogen (secondary N) is 4. The number of carbonyl (C=O) groups is 2. The lowest BCUT2D eigenvalue weighted by Gasteiger charge is -2.24. The van der Waals surface area contributed by atoms with Crippen molar-refractivity contribution in [3.8, 4) is 11.8 Å². The maximum atomic E-state index is 12.8. The number of amides is 2. The zero-order chi connectivity index (χ0) is 39.8. The zero-order valence-electron chi connectivity index (χ0n) is 30.5. The Bertz CT molecular complexity index is 2290. The third-order valence-electron chi connectivity index (χ3n) is 8.79. The number of halogens is 3. The second-order valence-electron chi connectivity index (χ2n) is 12.9. The summed E-state index contributed by atoms with van der Waals surface area (Å²) in [6.07, 6.45) is 3.53. The Morgan fingerprint density at radius 1 is 0.754 bits per heavy atom. The van der Waals surface area contributed by atoms with E-state index in [0.717, 1.165) is 60.1 Å². The minimum absolute atomic E-state index is 0.0313. The molecule has 2 aliphatic heterocycles. The van der Waals surface area contributed by atoms with Gasteiger partial charge in [-0.05, 0) is 48.4 Å². The SMILES string of the molecule is Cc1ccnc(-n2cc(C(=O)Nc3ccc([C@H]4CNCCO4)cc3)cn2)n1.O=C(Nc1ccc([C@H]2CNCCO2)cc1)c1cnn(-c2cc(C(F)(F)F)ncn2)c1. The van der Waals surface area contributed by atoms with E-state index in [1.165, 1.54) is 23.3 Å². The van der Waals surface area contributed by atoms with Crippen LogP contribution in [0, 0.1) is 6.92 Å². The molecular weight excluding hydrogens is 745 g/mol. The average Bonchev–Trinajstić information content (AvgIpc) is 3.94. The molecule has 0 radical (unpaired) electrons. The lowest BCUT2D eigenvalue weighted by Crippen LogP contribution is -2.33. The second kappa shape index (κ2) is 17.6. The summed E-state index contributed by atoms with van der Waals surface area (Å²) in [5.74, 6) is -0.353. The molecule has 2 fully saturated rings. The normalized spacial score (nSPS) is 16.9. The summed E-state index contributed by atoms with van der Waals surface area (Å²) in [4.78, 5) is 40.4. The van der Waals surface area contributed by atoms with E-state index >= 15 is 0 Å². The third kappa shape index (κ3) is 10.1. The lowest BCUT2D eigenvalue weighted by atomic mass is 10.1. The van der Waals surface area contributed by atoms with Crippen molar-refractivity contribution in [3.63, 3.8) is 0 Å². The van der Waals surface area contributed by atoms with Crippen LogP contribution in [0.5, 0.6) is 0 Å². The van der Waals surface area contributed by atoms with Gasteiger partial charge in [-0.2, -0.15) is 23.4 Å². The fourth-order valence-electron chi connectivity index (χ4n) is 5.82. The number of morpholine rings is 2. The Labute approximate surface area is 323 Å². The molecule has 57 heavy (non-hydrogen) atoms. The Kier molecular flexibility index (Phi) is 12.0. The molecule has 294 valence electrons. The first-order valence-corrected chi connectivity index (χ1v) is 17.9. The standard InChI is InChI=1S/C19H17F3N6O2.C19H20N6O2/c20-19(21,22)16-7-17(25-11-24-16)28-10-13(8-26-28)18(29)27-14-3-1-12(2-4-14)15-9-23-5-6-30-15;1-13-6-7-21-19(23-13)25-12-15(10-22-25)18(26)24-16-4-2-14(3-5-16)17-11-20-8-9-27-17/h1-4,7-8,10-11,15,23H,5-6,9H2,(H,27,29);2-7,10,12,17,20H,8-9,11H2,1H3,(H,24,26)/t15-;17-/m11/s1. The molecule has 0 unspecified atom stereocenters. The molecule has 2 aliphatic rings. The van der Waals surface area contributed by atoms with E-state index in [9.17, 15) is 22.8 Å². The first kappa shape index (κ1) is 38.8. The minimum Gasteiger partial charge on any atom is -0.371 e. The van der Waals surface area contributed by atoms with Gasteiger partial charge < -0.3 is 30.7 Å². The minimum atomic E-state index is -4.60. The van der Waals surface area contributed by atoms with E-state index in [0.29, 0.717) is 36.1 Å². The van der Waals surface area contributed by atoms with Crippen LogP contribution in [-0.4, -0.2) is 90.7 Å². The van der Waals surface area contributed by atoms with Gasteiger partial charge in [0.25, 0.3) is 17.8 Å². The molecule has 2 aromatic carbocycles. The van der Waals surface area contributed by atoms with Crippen LogP contribution in [0.4, 0.5) is 24.5 Å². The second-order valence-corrected chi connectivity index (χ2v) is 12.9. The summed E-state index contributed by atoms with van der Waals surface area (Å²) in [5, 5.41) is 20.3. The Morgan fingerprint density at radius 2 is 1.30 bits per heavy atom. The van der Waals surface area contributed by atoms with Crippen molar-refractivity contribution in [1.29, 1.82) is 0 Å². The summed E-state index contributed by atoms with van der Waals surface area (Å²) in [7, 11) is 0. The number of aromatic nitrogens is 8. The quantitative estimate of drug-likeness (QED) is 0.170. The fraction of sp³-hybridized carbons (Fsp3) is 0.263. The molecule has 0 aliphatic carbocycles. The van der Waals surface area contributed by atoms with Gasteiger partial charge in [0, 0.05) is 67.9 Å². The van der Waals surface area contributed by atoms with Crippen molar-refractivity contribution in [1.82, 2.24) is 50.1 Å². The van der Waals surface area contributed by atoms with Crippen LogP contribution in [0.25, 0.3) is 11.8 Å². The highest BCUT2D eigenvalue weighted by atomic mass is 19.4. The number of anilines is 2. The highest BCUT2D eigenvalue weighted by molar-refractivity contribution is 6.04. The van der Waals surface area contributed by atoms with Gasteiger partial charge in [-0.25, -0.2) is 29.3 Å². The number of carbonyl (C=O) groups excluding carboxylic acids is 2. The smallest absolute Gasteiger partial charge is 0.371 e. The van der Waals surface area contributed by atoms with Gasteiger partial charge >= 0.3 is 6.18 Å². The highest BCUT2D eigenvalue weighted by Crippen LogP contribution is 2.28. The van der Waals surface area contributed by atoms with Gasteiger partial charge in [0.1, 0.15) is 12.0 Å². The topological polar surface area (TPSA) is 188 Å². The van der Waals surface area contributed by atoms with Gasteiger partial charge in [-0.3, -0.25) is 9.59 Å². The van der Waals surface area contributed by atoms with E-state index in [-0.39, 0.29) is 29.5 Å². The molecule has 2 saturated heterocycles. The molecule has 2 atom stereocenters. The summed E-state index contributed by atoms with van der Waals surface area (Å²) < 4.78 is 52.4. The van der Waals surface area contributed by atoms with E-state index in [2.05, 4.69) is 51.4 Å². The first-order chi connectivity index (χ1) is 27.6. The molecule has 6 heterocycles. The number of aryl methyl sites for hydroxylation is 1. The van der Waals surface area contributed by atoms with Crippen LogP contribution in [0.2, 0.25) is 0 Å². The van der Waals surface area contributed by atoms with Crippen molar-refractivity contribution in [2.45, 2.75) is 25.3 Å². The molecule has 0 bridgehead atoms. The first-order valence-electron chi connectivity index (χ1n) is 17.9. The molecule has 8 rings (SSSR count). The van der Waals surface area contributed by atoms with E-state index in [1.807, 2.05) is 43.3 Å². The number of benzene rings is 2. The predicted molar refractivity (Wildman–Crippen MR) is 200 cm³/mol. The number of nitrogens with zero attached hydrogens (tertiary/aromatic N) is 8. The molecule has 4 N–H and O–H groups in total. The summed E-state index contributed by atoms with van der Waals surface area (Å²) in [5.41, 5.74) is 3.72. The van der Waals surface area contributed by atoms with Crippen molar-refractivity contribution >= 4 is 23.2 Å². The lowest BCUT2D eigenvalue weighted by molar-refractivity contribution is -0.141. The Morgan fingerprint density at radius 3 is 1.81 bits per heavy atom. The number of hydrogen-bond acceptors (Lipinski definition) is 12. The largest absolute Gasteiger partial charge is 0.433 e. The van der Waals surface area contributed by atoms with Crippen molar-refractivity contribution in [2.75, 3.05) is 50.0 Å². The van der Waals surface area contributed by atoms with Gasteiger partial charge in [-0.1, -0.05) is 24.3 Å². The van der Waals surface area contributed by atoms with E-state index < -0.39 is 17.8 Å². The number of hydrogen-bond donors (Lipinski definition) is 4. The Hall–Kier alpha value is -6.41. The fourth-order valence-corrected chi connectivity index (χ4v) is 5.82. The maximum Gasteiger partial charge on any atom is 0.433 e. The number of ether oxygens (including phenoxy) is 2. The van der Waals surface area contributed by atoms with Crippen LogP contribution < -0.4 is 21.3 Å². The third-order valence-corrected chi connectivity index (χ3v) is 8.79. The van der Waals surface area contributed by atoms with E-state index in [4.69, 9.17) is 9.47 Å². The Balaban J connectivity index is 0.000000175. The molecule has 19 heteroatoms. The zero-order valence-corrected chi connectivity index (χ0v) is 30.5. The number of alkyl halides is 3. The van der Waals surface area contributed by atoms with Crippen LogP contribution in [0.3, 0.4) is 0 Å². The molecule has 6 aromatic rings. The molecule has 2 amide bonds. The van der Waals surface area contributed by atoms with E-state index in [1.54, 1.807) is 30.6 Å². The average molecular weight is 783 g/mol. The molecule has 16 nitrogen and oxygen atoms in total. The van der Waals surface area contributed by atoms with Crippen molar-refractivity contribution < 1.29 is 32.2 Å². The monoisotopic (exact) mass is 782 g/mol. The van der Waals surface area contributed by atoms with Crippen LogP contribution in [0.15, 0.2) is 98.0 Å². The summed E-state index contributed by atoms with van der Waals surface area (Å²) in [6, 6.07) is 17.5. The van der Waals surface area contributed by atoms with Crippen molar-refractivity contribution in [2.24, 2.45) is 0 Å². The summed E-state index contributed by atoms with van der Waals surface area (Å²) >= 11 is 0. The van der Waals surface area contributed by atoms with Crippen LogP contribution in [-0.2, 0) is 15.7 Å².